The van der Waals surface area contributed by atoms with Gasteiger partial charge in [-0.25, -0.2) is 0 Å². The van der Waals surface area contributed by atoms with Gasteiger partial charge < -0.3 is 10.8 Å². The SMILES string of the molecule is CCC(c1ccc(O)cc1)N(C)CCC(N)C(C)C. The second-order valence-electron chi connectivity index (χ2n) is 5.69. The molecular weight excluding hydrogens is 236 g/mol. The Labute approximate surface area is 117 Å². The Balaban J connectivity index is 2.61. The average Bonchev–Trinajstić information content (AvgIpc) is 2.38. The van der Waals surface area contributed by atoms with Crippen LogP contribution in [0.5, 0.6) is 5.75 Å². The zero-order valence-corrected chi connectivity index (χ0v) is 12.6. The van der Waals surface area contributed by atoms with Crippen LogP contribution in [0.25, 0.3) is 0 Å². The molecule has 3 nitrogen and oxygen atoms in total. The molecule has 0 aliphatic carbocycles. The molecule has 0 aliphatic heterocycles. The van der Waals surface area contributed by atoms with Crippen LogP contribution in [0.15, 0.2) is 24.3 Å². The summed E-state index contributed by atoms with van der Waals surface area (Å²) in [5.74, 6) is 0.852. The molecule has 0 bridgehead atoms. The Morgan fingerprint density at radius 3 is 2.26 bits per heavy atom. The summed E-state index contributed by atoms with van der Waals surface area (Å²) in [5.41, 5.74) is 7.36. The summed E-state index contributed by atoms with van der Waals surface area (Å²) in [7, 11) is 2.15. The van der Waals surface area contributed by atoms with Crippen LogP contribution in [0.4, 0.5) is 0 Å². The lowest BCUT2D eigenvalue weighted by Crippen LogP contribution is -2.33. The van der Waals surface area contributed by atoms with Gasteiger partial charge >= 0.3 is 0 Å². The number of nitrogens with zero attached hydrogens (tertiary/aromatic N) is 1. The molecule has 3 heteroatoms. The van der Waals surface area contributed by atoms with Gasteiger partial charge in [0.05, 0.1) is 0 Å². The summed E-state index contributed by atoms with van der Waals surface area (Å²) < 4.78 is 0. The van der Waals surface area contributed by atoms with E-state index in [4.69, 9.17) is 5.73 Å². The molecular formula is C16H28N2O. The minimum Gasteiger partial charge on any atom is -0.508 e. The number of hydrogen-bond acceptors (Lipinski definition) is 3. The minimum absolute atomic E-state index is 0.264. The second-order valence-corrected chi connectivity index (χ2v) is 5.69. The van der Waals surface area contributed by atoms with E-state index >= 15 is 0 Å². The van der Waals surface area contributed by atoms with Gasteiger partial charge in [0.1, 0.15) is 5.75 Å². The van der Waals surface area contributed by atoms with Crippen molar-refractivity contribution in [3.8, 4) is 5.75 Å². The zero-order chi connectivity index (χ0) is 14.4. The van der Waals surface area contributed by atoms with E-state index in [0.29, 0.717) is 17.7 Å². The van der Waals surface area contributed by atoms with Crippen molar-refractivity contribution in [1.82, 2.24) is 4.90 Å². The van der Waals surface area contributed by atoms with Gasteiger partial charge in [-0.05, 0) is 50.0 Å². The molecule has 0 saturated heterocycles. The van der Waals surface area contributed by atoms with E-state index in [1.165, 1.54) is 5.56 Å². The first kappa shape index (κ1) is 16.0. The Bertz CT molecular complexity index is 362. The highest BCUT2D eigenvalue weighted by atomic mass is 16.3. The average molecular weight is 264 g/mol. The molecule has 108 valence electrons. The van der Waals surface area contributed by atoms with Crippen molar-refractivity contribution in [2.75, 3.05) is 13.6 Å². The van der Waals surface area contributed by atoms with Crippen molar-refractivity contribution in [2.45, 2.75) is 45.7 Å². The molecule has 0 aromatic heterocycles. The van der Waals surface area contributed by atoms with E-state index in [9.17, 15) is 5.11 Å². The number of aromatic hydroxyl groups is 1. The first-order valence-electron chi connectivity index (χ1n) is 7.20. The van der Waals surface area contributed by atoms with Crippen LogP contribution in [-0.4, -0.2) is 29.6 Å². The third kappa shape index (κ3) is 4.84. The van der Waals surface area contributed by atoms with Crippen LogP contribution < -0.4 is 5.73 Å². The summed E-state index contributed by atoms with van der Waals surface area (Å²) in [6.45, 7) is 7.53. The molecule has 2 atom stereocenters. The predicted octanol–water partition coefficient (Wildman–Crippen LogP) is 3.15. The highest BCUT2D eigenvalue weighted by Crippen LogP contribution is 2.25. The Hall–Kier alpha value is -1.06. The number of phenols is 1. The maximum atomic E-state index is 9.36. The van der Waals surface area contributed by atoms with Gasteiger partial charge in [0.2, 0.25) is 0 Å². The molecule has 1 aromatic rings. The van der Waals surface area contributed by atoms with Gasteiger partial charge in [-0.15, -0.1) is 0 Å². The number of hydrogen-bond donors (Lipinski definition) is 2. The molecule has 0 amide bonds. The monoisotopic (exact) mass is 264 g/mol. The Kier molecular flexibility index (Phi) is 6.32. The summed E-state index contributed by atoms with van der Waals surface area (Å²) >= 11 is 0. The van der Waals surface area contributed by atoms with E-state index in [0.717, 1.165) is 19.4 Å². The van der Waals surface area contributed by atoms with E-state index < -0.39 is 0 Å². The van der Waals surface area contributed by atoms with Crippen molar-refractivity contribution in [2.24, 2.45) is 11.7 Å². The molecule has 1 rings (SSSR count). The van der Waals surface area contributed by atoms with Crippen molar-refractivity contribution < 1.29 is 5.11 Å². The third-order valence-corrected chi connectivity index (χ3v) is 3.87. The maximum Gasteiger partial charge on any atom is 0.115 e. The molecule has 0 radical (unpaired) electrons. The summed E-state index contributed by atoms with van der Waals surface area (Å²) in [6.07, 6.45) is 2.07. The molecule has 0 aliphatic rings. The lowest BCUT2D eigenvalue weighted by molar-refractivity contribution is 0.224. The van der Waals surface area contributed by atoms with Gasteiger partial charge in [-0.1, -0.05) is 32.9 Å². The molecule has 0 saturated carbocycles. The minimum atomic E-state index is 0.264. The van der Waals surface area contributed by atoms with Crippen LogP contribution in [0.2, 0.25) is 0 Å². The lowest BCUT2D eigenvalue weighted by Gasteiger charge is -2.29. The van der Waals surface area contributed by atoms with Crippen LogP contribution in [0, 0.1) is 5.92 Å². The molecule has 19 heavy (non-hydrogen) atoms. The number of rotatable bonds is 7. The van der Waals surface area contributed by atoms with Crippen LogP contribution in [0.3, 0.4) is 0 Å². The van der Waals surface area contributed by atoms with Gasteiger partial charge in [0.15, 0.2) is 0 Å². The third-order valence-electron chi connectivity index (χ3n) is 3.87. The molecule has 0 fully saturated rings. The molecule has 2 unspecified atom stereocenters. The summed E-state index contributed by atoms with van der Waals surface area (Å²) in [6, 6.07) is 8.17. The van der Waals surface area contributed by atoms with E-state index in [1.54, 1.807) is 12.1 Å². The Morgan fingerprint density at radius 1 is 1.21 bits per heavy atom. The molecule has 0 heterocycles. The van der Waals surface area contributed by atoms with Crippen LogP contribution >= 0.6 is 0 Å². The first-order chi connectivity index (χ1) is 8.95. The van der Waals surface area contributed by atoms with E-state index in [-0.39, 0.29) is 6.04 Å². The predicted molar refractivity (Wildman–Crippen MR) is 81.2 cm³/mol. The zero-order valence-electron chi connectivity index (χ0n) is 12.6. The number of nitrogens with two attached hydrogens (primary N) is 1. The standard InChI is InChI=1S/C16H28N2O/c1-5-16(13-6-8-14(19)9-7-13)18(4)11-10-15(17)12(2)3/h6-9,12,15-16,19H,5,10-11,17H2,1-4H3. The molecule has 1 aromatic carbocycles. The van der Waals surface area contributed by atoms with Crippen molar-refractivity contribution >= 4 is 0 Å². The van der Waals surface area contributed by atoms with Crippen molar-refractivity contribution in [3.63, 3.8) is 0 Å². The highest BCUT2D eigenvalue weighted by molar-refractivity contribution is 5.28. The first-order valence-corrected chi connectivity index (χ1v) is 7.20. The fraction of sp³-hybridized carbons (Fsp3) is 0.625. The molecule has 0 spiro atoms. The number of benzene rings is 1. The molecule has 3 N–H and O–H groups in total. The van der Waals surface area contributed by atoms with Crippen molar-refractivity contribution in [3.05, 3.63) is 29.8 Å². The van der Waals surface area contributed by atoms with Crippen LogP contribution in [-0.2, 0) is 0 Å². The lowest BCUT2D eigenvalue weighted by atomic mass is 9.99. The van der Waals surface area contributed by atoms with E-state index in [1.807, 2.05) is 12.1 Å². The van der Waals surface area contributed by atoms with Crippen molar-refractivity contribution in [1.29, 1.82) is 0 Å². The maximum absolute atomic E-state index is 9.36. The number of phenolic OH excluding ortho intramolecular Hbond substituents is 1. The van der Waals surface area contributed by atoms with Gasteiger partial charge in [-0.3, -0.25) is 4.90 Å². The fourth-order valence-electron chi connectivity index (χ4n) is 2.34. The highest BCUT2D eigenvalue weighted by Gasteiger charge is 2.16. The summed E-state index contributed by atoms with van der Waals surface area (Å²) in [5, 5.41) is 9.36. The largest absolute Gasteiger partial charge is 0.508 e. The topological polar surface area (TPSA) is 49.5 Å². The smallest absolute Gasteiger partial charge is 0.115 e. The van der Waals surface area contributed by atoms with Gasteiger partial charge in [-0.2, -0.15) is 0 Å². The van der Waals surface area contributed by atoms with Gasteiger partial charge in [0, 0.05) is 12.1 Å². The van der Waals surface area contributed by atoms with Gasteiger partial charge in [0.25, 0.3) is 0 Å². The van der Waals surface area contributed by atoms with Crippen LogP contribution in [0.1, 0.15) is 45.2 Å². The summed E-state index contributed by atoms with van der Waals surface area (Å²) in [4.78, 5) is 2.36. The van der Waals surface area contributed by atoms with E-state index in [2.05, 4.69) is 32.7 Å². The fourth-order valence-corrected chi connectivity index (χ4v) is 2.34. The normalized spacial score (nSPS) is 14.9. The quantitative estimate of drug-likeness (QED) is 0.795. The Morgan fingerprint density at radius 2 is 1.79 bits per heavy atom. The second kappa shape index (κ2) is 7.51.